The molecule has 26 heavy (non-hydrogen) atoms. The standard InChI is InChI=1S/C19H24N2O5/c1-5-25-16-8-6-14(7-9-16)10-15(19(23)24-4)11-20-18(22)17-12(2)21-26-13(17)3/h6-9,15H,5,10-11H2,1-4H3,(H,20,22)/t15-/m0/s1. The molecule has 1 amide bonds. The van der Waals surface area contributed by atoms with Crippen LogP contribution in [0.3, 0.4) is 0 Å². The van der Waals surface area contributed by atoms with E-state index in [0.29, 0.717) is 30.0 Å². The lowest BCUT2D eigenvalue weighted by Crippen LogP contribution is -2.35. The van der Waals surface area contributed by atoms with Gasteiger partial charge in [0.1, 0.15) is 17.1 Å². The lowest BCUT2D eigenvalue weighted by atomic mass is 9.99. The van der Waals surface area contributed by atoms with Crippen LogP contribution in [0.4, 0.5) is 0 Å². The number of amides is 1. The number of benzene rings is 1. The molecule has 7 heteroatoms. The number of rotatable bonds is 8. The third kappa shape index (κ3) is 4.84. The van der Waals surface area contributed by atoms with Gasteiger partial charge >= 0.3 is 5.97 Å². The molecule has 1 aromatic heterocycles. The summed E-state index contributed by atoms with van der Waals surface area (Å²) >= 11 is 0. The van der Waals surface area contributed by atoms with Gasteiger partial charge in [0.15, 0.2) is 0 Å². The molecular formula is C19H24N2O5. The van der Waals surface area contributed by atoms with Crippen molar-refractivity contribution in [3.8, 4) is 5.75 Å². The van der Waals surface area contributed by atoms with Gasteiger partial charge in [-0.25, -0.2) is 0 Å². The molecule has 2 aromatic rings. The minimum Gasteiger partial charge on any atom is -0.494 e. The van der Waals surface area contributed by atoms with Gasteiger partial charge in [0.25, 0.3) is 5.91 Å². The van der Waals surface area contributed by atoms with Gasteiger partial charge in [0.2, 0.25) is 0 Å². The normalized spacial score (nSPS) is 11.7. The van der Waals surface area contributed by atoms with Gasteiger partial charge in [0.05, 0.1) is 25.3 Å². The fourth-order valence-electron chi connectivity index (χ4n) is 2.69. The second-order valence-corrected chi connectivity index (χ2v) is 5.91. The highest BCUT2D eigenvalue weighted by Gasteiger charge is 2.23. The second kappa shape index (κ2) is 9.03. The number of nitrogens with zero attached hydrogens (tertiary/aromatic N) is 1. The Morgan fingerprint density at radius 2 is 1.92 bits per heavy atom. The van der Waals surface area contributed by atoms with Crippen molar-refractivity contribution in [3.63, 3.8) is 0 Å². The Balaban J connectivity index is 2.03. The summed E-state index contributed by atoms with van der Waals surface area (Å²) in [6.45, 7) is 6.04. The summed E-state index contributed by atoms with van der Waals surface area (Å²) in [7, 11) is 1.34. The number of ether oxygens (including phenoxy) is 2. The lowest BCUT2D eigenvalue weighted by molar-refractivity contribution is -0.145. The van der Waals surface area contributed by atoms with Crippen LogP contribution in [0.5, 0.6) is 5.75 Å². The fraction of sp³-hybridized carbons (Fsp3) is 0.421. The number of esters is 1. The molecule has 0 radical (unpaired) electrons. The third-order valence-corrected chi connectivity index (χ3v) is 4.02. The Morgan fingerprint density at radius 3 is 2.46 bits per heavy atom. The van der Waals surface area contributed by atoms with Crippen LogP contribution in [0.2, 0.25) is 0 Å². The first kappa shape index (κ1) is 19.5. The van der Waals surface area contributed by atoms with Crippen LogP contribution in [0.25, 0.3) is 0 Å². The molecule has 1 aromatic carbocycles. The highest BCUT2D eigenvalue weighted by Crippen LogP contribution is 2.17. The molecule has 0 aliphatic heterocycles. The van der Waals surface area contributed by atoms with Crippen molar-refractivity contribution in [2.24, 2.45) is 5.92 Å². The van der Waals surface area contributed by atoms with Gasteiger partial charge in [-0.15, -0.1) is 0 Å². The number of nitrogens with one attached hydrogen (secondary N) is 1. The van der Waals surface area contributed by atoms with Crippen molar-refractivity contribution in [1.29, 1.82) is 0 Å². The van der Waals surface area contributed by atoms with E-state index in [2.05, 4.69) is 10.5 Å². The van der Waals surface area contributed by atoms with Crippen molar-refractivity contribution < 1.29 is 23.6 Å². The molecule has 2 rings (SSSR count). The van der Waals surface area contributed by atoms with Crippen LogP contribution in [0.15, 0.2) is 28.8 Å². The van der Waals surface area contributed by atoms with Crippen LogP contribution in [-0.4, -0.2) is 37.3 Å². The summed E-state index contributed by atoms with van der Waals surface area (Å²) in [6, 6.07) is 7.51. The number of aromatic nitrogens is 1. The summed E-state index contributed by atoms with van der Waals surface area (Å²) in [5, 5.41) is 6.54. The number of aryl methyl sites for hydroxylation is 2. The number of carbonyl (C=O) groups is 2. The highest BCUT2D eigenvalue weighted by atomic mass is 16.5. The smallest absolute Gasteiger partial charge is 0.310 e. The second-order valence-electron chi connectivity index (χ2n) is 5.91. The lowest BCUT2D eigenvalue weighted by Gasteiger charge is -2.16. The molecule has 7 nitrogen and oxygen atoms in total. The maximum atomic E-state index is 12.4. The first-order chi connectivity index (χ1) is 12.5. The van der Waals surface area contributed by atoms with Gasteiger partial charge < -0.3 is 19.3 Å². The zero-order chi connectivity index (χ0) is 19.1. The summed E-state index contributed by atoms with van der Waals surface area (Å²) in [5.41, 5.74) is 1.87. The van der Waals surface area contributed by atoms with Crippen LogP contribution in [0.1, 0.15) is 34.3 Å². The molecule has 0 unspecified atom stereocenters. The zero-order valence-corrected chi connectivity index (χ0v) is 15.5. The average Bonchev–Trinajstić information content (AvgIpc) is 2.97. The predicted molar refractivity (Wildman–Crippen MR) is 95.1 cm³/mol. The first-order valence-corrected chi connectivity index (χ1v) is 8.46. The molecule has 0 saturated carbocycles. The maximum Gasteiger partial charge on any atom is 0.310 e. The molecule has 0 saturated heterocycles. The largest absolute Gasteiger partial charge is 0.494 e. The maximum absolute atomic E-state index is 12.4. The average molecular weight is 360 g/mol. The molecule has 1 heterocycles. The Kier molecular flexibility index (Phi) is 6.77. The van der Waals surface area contributed by atoms with E-state index in [1.165, 1.54) is 7.11 Å². The number of hydrogen-bond donors (Lipinski definition) is 1. The summed E-state index contributed by atoms with van der Waals surface area (Å²) in [5.74, 6) is 0.0286. The Hall–Kier alpha value is -2.83. The van der Waals surface area contributed by atoms with E-state index in [0.717, 1.165) is 11.3 Å². The monoisotopic (exact) mass is 360 g/mol. The number of carbonyl (C=O) groups excluding carboxylic acids is 2. The molecule has 1 atom stereocenters. The third-order valence-electron chi connectivity index (χ3n) is 4.02. The Bertz CT molecular complexity index is 732. The molecule has 0 aliphatic rings. The van der Waals surface area contributed by atoms with E-state index in [9.17, 15) is 9.59 Å². The summed E-state index contributed by atoms with van der Waals surface area (Å²) in [6.07, 6.45) is 0.445. The van der Waals surface area contributed by atoms with Gasteiger partial charge in [-0.1, -0.05) is 17.3 Å². The fourth-order valence-corrected chi connectivity index (χ4v) is 2.69. The molecule has 0 aliphatic carbocycles. The van der Waals surface area contributed by atoms with Gasteiger partial charge in [-0.05, 0) is 44.9 Å². The Morgan fingerprint density at radius 1 is 1.23 bits per heavy atom. The first-order valence-electron chi connectivity index (χ1n) is 8.46. The summed E-state index contributed by atoms with van der Waals surface area (Å²) < 4.78 is 15.3. The highest BCUT2D eigenvalue weighted by molar-refractivity contribution is 5.96. The summed E-state index contributed by atoms with van der Waals surface area (Å²) in [4.78, 5) is 24.4. The van der Waals surface area contributed by atoms with Crippen molar-refractivity contribution in [1.82, 2.24) is 10.5 Å². The van der Waals surface area contributed by atoms with Gasteiger partial charge in [0, 0.05) is 6.54 Å². The van der Waals surface area contributed by atoms with Crippen molar-refractivity contribution in [2.45, 2.75) is 27.2 Å². The van der Waals surface area contributed by atoms with E-state index in [1.54, 1.807) is 13.8 Å². The number of hydrogen-bond acceptors (Lipinski definition) is 6. The van der Waals surface area contributed by atoms with Crippen molar-refractivity contribution in [3.05, 3.63) is 46.8 Å². The number of methoxy groups -OCH3 is 1. The van der Waals surface area contributed by atoms with E-state index < -0.39 is 5.92 Å². The van der Waals surface area contributed by atoms with Crippen molar-refractivity contribution >= 4 is 11.9 Å². The van der Waals surface area contributed by atoms with E-state index in [1.807, 2.05) is 31.2 Å². The molecule has 0 fully saturated rings. The minimum atomic E-state index is -0.498. The molecule has 1 N–H and O–H groups in total. The molecule has 140 valence electrons. The minimum absolute atomic E-state index is 0.156. The predicted octanol–water partition coefficient (Wildman–Crippen LogP) is 2.45. The van der Waals surface area contributed by atoms with Crippen LogP contribution in [0, 0.1) is 19.8 Å². The molecule has 0 bridgehead atoms. The van der Waals surface area contributed by atoms with Gasteiger partial charge in [-0.2, -0.15) is 0 Å². The van der Waals surface area contributed by atoms with Crippen LogP contribution in [-0.2, 0) is 16.0 Å². The van der Waals surface area contributed by atoms with E-state index in [4.69, 9.17) is 14.0 Å². The van der Waals surface area contributed by atoms with Crippen LogP contribution >= 0.6 is 0 Å². The molecular weight excluding hydrogens is 336 g/mol. The van der Waals surface area contributed by atoms with Crippen molar-refractivity contribution in [2.75, 3.05) is 20.3 Å². The Labute approximate surface area is 152 Å². The zero-order valence-electron chi connectivity index (χ0n) is 15.5. The molecule has 0 spiro atoms. The topological polar surface area (TPSA) is 90.7 Å². The SMILES string of the molecule is CCOc1ccc(C[C@@H](CNC(=O)c2c(C)noc2C)C(=O)OC)cc1. The van der Waals surface area contributed by atoms with Crippen LogP contribution < -0.4 is 10.1 Å². The van der Waals surface area contributed by atoms with E-state index >= 15 is 0 Å². The van der Waals surface area contributed by atoms with Gasteiger partial charge in [-0.3, -0.25) is 9.59 Å². The van der Waals surface area contributed by atoms with E-state index in [-0.39, 0.29) is 18.4 Å². The quantitative estimate of drug-likeness (QED) is 0.727.